The molecule has 0 bridgehead atoms. The van der Waals surface area contributed by atoms with E-state index in [4.69, 9.17) is 0 Å². The second kappa shape index (κ2) is 5.64. The van der Waals surface area contributed by atoms with Gasteiger partial charge in [-0.3, -0.25) is 14.3 Å². The molecule has 1 amide bonds. The highest BCUT2D eigenvalue weighted by molar-refractivity contribution is 6.06. The standard InChI is InChI=1S/C16H20N4O3/c1-8-7-11(13-9(2)19-20(3)14(13)17-8)15(21)18-12-6-4-5-10(12)16(22)23/h7,10,12H,4-6H2,1-3H3,(H,18,21)(H,22,23)/t10-,12+/m0/s1. The van der Waals surface area contributed by atoms with E-state index in [9.17, 15) is 14.7 Å². The van der Waals surface area contributed by atoms with Crippen molar-refractivity contribution in [2.75, 3.05) is 0 Å². The Bertz CT molecular complexity index is 796. The molecule has 1 saturated carbocycles. The Morgan fingerprint density at radius 1 is 1.35 bits per heavy atom. The molecule has 0 radical (unpaired) electrons. The Hall–Kier alpha value is -2.44. The number of hydrogen-bond acceptors (Lipinski definition) is 4. The number of carboxylic acid groups (broad SMARTS) is 1. The van der Waals surface area contributed by atoms with Crippen LogP contribution in [0, 0.1) is 19.8 Å². The summed E-state index contributed by atoms with van der Waals surface area (Å²) in [6, 6.07) is 1.41. The van der Waals surface area contributed by atoms with Gasteiger partial charge in [-0.1, -0.05) is 6.42 Å². The number of aryl methyl sites for hydroxylation is 3. The van der Waals surface area contributed by atoms with Gasteiger partial charge in [-0.05, 0) is 32.8 Å². The minimum atomic E-state index is -0.846. The van der Waals surface area contributed by atoms with Crippen LogP contribution < -0.4 is 5.32 Å². The summed E-state index contributed by atoms with van der Waals surface area (Å²) in [4.78, 5) is 28.4. The molecule has 2 atom stereocenters. The molecular weight excluding hydrogens is 296 g/mol. The third-order valence-electron chi connectivity index (χ3n) is 4.49. The molecule has 1 aliphatic rings. The molecule has 2 aromatic heterocycles. The van der Waals surface area contributed by atoms with E-state index in [1.807, 2.05) is 13.8 Å². The Balaban J connectivity index is 1.97. The summed E-state index contributed by atoms with van der Waals surface area (Å²) in [7, 11) is 1.79. The van der Waals surface area contributed by atoms with Gasteiger partial charge in [0.2, 0.25) is 0 Å². The van der Waals surface area contributed by atoms with Crippen molar-refractivity contribution in [1.29, 1.82) is 0 Å². The normalized spacial score (nSPS) is 20.8. The van der Waals surface area contributed by atoms with Crippen LogP contribution in [-0.2, 0) is 11.8 Å². The summed E-state index contributed by atoms with van der Waals surface area (Å²) in [6.45, 7) is 3.67. The first-order valence-electron chi connectivity index (χ1n) is 7.73. The Morgan fingerprint density at radius 2 is 2.09 bits per heavy atom. The second-order valence-electron chi connectivity index (χ2n) is 6.17. The number of aromatic nitrogens is 3. The molecule has 0 aromatic carbocycles. The van der Waals surface area contributed by atoms with Crippen LogP contribution in [0.3, 0.4) is 0 Å². The fourth-order valence-electron chi connectivity index (χ4n) is 3.42. The lowest BCUT2D eigenvalue weighted by atomic mass is 10.0. The molecule has 1 fully saturated rings. The van der Waals surface area contributed by atoms with E-state index >= 15 is 0 Å². The van der Waals surface area contributed by atoms with Crippen LogP contribution in [0.15, 0.2) is 6.07 Å². The molecule has 0 unspecified atom stereocenters. The van der Waals surface area contributed by atoms with Crippen molar-refractivity contribution < 1.29 is 14.7 Å². The first kappa shape index (κ1) is 15.5. The monoisotopic (exact) mass is 316 g/mol. The number of rotatable bonds is 3. The van der Waals surface area contributed by atoms with Crippen LogP contribution in [-0.4, -0.2) is 37.8 Å². The molecule has 7 heteroatoms. The maximum Gasteiger partial charge on any atom is 0.308 e. The Labute approximate surface area is 133 Å². The molecule has 0 spiro atoms. The number of nitrogens with zero attached hydrogens (tertiary/aromatic N) is 3. The molecule has 0 saturated heterocycles. The van der Waals surface area contributed by atoms with Gasteiger partial charge < -0.3 is 10.4 Å². The number of carbonyl (C=O) groups is 2. The second-order valence-corrected chi connectivity index (χ2v) is 6.17. The number of nitrogens with one attached hydrogen (secondary N) is 1. The van der Waals surface area contributed by atoms with E-state index in [0.717, 1.165) is 23.2 Å². The smallest absolute Gasteiger partial charge is 0.308 e. The van der Waals surface area contributed by atoms with Crippen LogP contribution in [0.1, 0.15) is 41.0 Å². The van der Waals surface area contributed by atoms with Gasteiger partial charge in [0.25, 0.3) is 5.91 Å². The SMILES string of the molecule is Cc1cc(C(=O)N[C@@H]2CCC[C@@H]2C(=O)O)c2c(C)nn(C)c2n1. The van der Waals surface area contributed by atoms with Crippen LogP contribution >= 0.6 is 0 Å². The summed E-state index contributed by atoms with van der Waals surface area (Å²) in [5.41, 5.74) is 2.64. The highest BCUT2D eigenvalue weighted by atomic mass is 16.4. The fraction of sp³-hybridized carbons (Fsp3) is 0.500. The molecule has 3 rings (SSSR count). The van der Waals surface area contributed by atoms with Crippen molar-refractivity contribution in [3.05, 3.63) is 23.0 Å². The lowest BCUT2D eigenvalue weighted by Crippen LogP contribution is -2.40. The maximum absolute atomic E-state index is 12.7. The van der Waals surface area contributed by atoms with E-state index in [-0.39, 0.29) is 11.9 Å². The number of pyridine rings is 1. The zero-order valence-corrected chi connectivity index (χ0v) is 13.5. The van der Waals surface area contributed by atoms with Crippen molar-refractivity contribution in [3.63, 3.8) is 0 Å². The Morgan fingerprint density at radius 3 is 2.78 bits per heavy atom. The van der Waals surface area contributed by atoms with Gasteiger partial charge in [-0.25, -0.2) is 4.98 Å². The third kappa shape index (κ3) is 2.67. The van der Waals surface area contributed by atoms with Crippen LogP contribution in [0.5, 0.6) is 0 Å². The van der Waals surface area contributed by atoms with E-state index in [0.29, 0.717) is 24.1 Å². The molecule has 7 nitrogen and oxygen atoms in total. The third-order valence-corrected chi connectivity index (χ3v) is 4.49. The number of aliphatic carboxylic acids is 1. The Kier molecular flexibility index (Phi) is 3.79. The lowest BCUT2D eigenvalue weighted by molar-refractivity contribution is -0.142. The van der Waals surface area contributed by atoms with E-state index in [1.54, 1.807) is 17.8 Å². The molecule has 122 valence electrons. The van der Waals surface area contributed by atoms with Gasteiger partial charge in [-0.15, -0.1) is 0 Å². The summed E-state index contributed by atoms with van der Waals surface area (Å²) in [6.07, 6.45) is 2.12. The fourth-order valence-corrected chi connectivity index (χ4v) is 3.42. The van der Waals surface area contributed by atoms with Gasteiger partial charge in [0.15, 0.2) is 5.65 Å². The van der Waals surface area contributed by atoms with Gasteiger partial charge in [-0.2, -0.15) is 5.10 Å². The van der Waals surface area contributed by atoms with Gasteiger partial charge in [0.1, 0.15) is 0 Å². The van der Waals surface area contributed by atoms with Gasteiger partial charge in [0, 0.05) is 18.8 Å². The molecular formula is C16H20N4O3. The summed E-state index contributed by atoms with van der Waals surface area (Å²) < 4.78 is 1.66. The number of carbonyl (C=O) groups excluding carboxylic acids is 1. The summed E-state index contributed by atoms with van der Waals surface area (Å²) >= 11 is 0. The van der Waals surface area contributed by atoms with E-state index in [1.165, 1.54) is 0 Å². The van der Waals surface area contributed by atoms with Crippen molar-refractivity contribution >= 4 is 22.9 Å². The molecule has 0 aliphatic heterocycles. The van der Waals surface area contributed by atoms with Crippen molar-refractivity contribution in [1.82, 2.24) is 20.1 Å². The zero-order chi connectivity index (χ0) is 16.7. The lowest BCUT2D eigenvalue weighted by Gasteiger charge is -2.18. The summed E-state index contributed by atoms with van der Waals surface area (Å²) in [5, 5.41) is 17.2. The minimum absolute atomic E-state index is 0.255. The molecule has 2 N–H and O–H groups in total. The van der Waals surface area contributed by atoms with Crippen molar-refractivity contribution in [2.24, 2.45) is 13.0 Å². The predicted molar refractivity (Wildman–Crippen MR) is 84.2 cm³/mol. The van der Waals surface area contributed by atoms with Crippen LogP contribution in [0.4, 0.5) is 0 Å². The zero-order valence-electron chi connectivity index (χ0n) is 13.5. The first-order valence-corrected chi connectivity index (χ1v) is 7.73. The van der Waals surface area contributed by atoms with Crippen molar-refractivity contribution in [3.8, 4) is 0 Å². The highest BCUT2D eigenvalue weighted by Gasteiger charge is 2.34. The maximum atomic E-state index is 12.7. The number of fused-ring (bicyclic) bond motifs is 1. The number of amides is 1. The quantitative estimate of drug-likeness (QED) is 0.896. The van der Waals surface area contributed by atoms with Crippen LogP contribution in [0.25, 0.3) is 11.0 Å². The molecule has 2 heterocycles. The van der Waals surface area contributed by atoms with Crippen LogP contribution in [0.2, 0.25) is 0 Å². The largest absolute Gasteiger partial charge is 0.481 e. The van der Waals surface area contributed by atoms with Gasteiger partial charge in [0.05, 0.1) is 22.6 Å². The van der Waals surface area contributed by atoms with Crippen molar-refractivity contribution in [2.45, 2.75) is 39.2 Å². The number of carboxylic acids is 1. The molecule has 1 aliphatic carbocycles. The average Bonchev–Trinajstić information content (AvgIpc) is 3.04. The molecule has 23 heavy (non-hydrogen) atoms. The van der Waals surface area contributed by atoms with E-state index in [2.05, 4.69) is 15.4 Å². The molecule has 2 aromatic rings. The highest BCUT2D eigenvalue weighted by Crippen LogP contribution is 2.27. The van der Waals surface area contributed by atoms with Gasteiger partial charge >= 0.3 is 5.97 Å². The van der Waals surface area contributed by atoms with E-state index < -0.39 is 11.9 Å². The minimum Gasteiger partial charge on any atom is -0.481 e. The first-order chi connectivity index (χ1) is 10.9. The topological polar surface area (TPSA) is 97.1 Å². The summed E-state index contributed by atoms with van der Waals surface area (Å²) in [5.74, 6) is -1.61. The predicted octanol–water partition coefficient (Wildman–Crippen LogP) is 1.57. The number of hydrogen-bond donors (Lipinski definition) is 2. The average molecular weight is 316 g/mol.